The van der Waals surface area contributed by atoms with Gasteiger partial charge in [0, 0.05) is 30.9 Å². The molecule has 1 saturated heterocycles. The van der Waals surface area contributed by atoms with Crippen LogP contribution in [0.1, 0.15) is 35.2 Å². The Morgan fingerprint density at radius 3 is 2.78 bits per heavy atom. The van der Waals surface area contributed by atoms with Gasteiger partial charge in [-0.05, 0) is 75.9 Å². The number of halogens is 1. The number of phenols is 1. The second-order valence-corrected chi connectivity index (χ2v) is 9.65. The Hall–Kier alpha value is -3.85. The van der Waals surface area contributed by atoms with Crippen molar-refractivity contribution in [2.24, 2.45) is 0 Å². The van der Waals surface area contributed by atoms with Crippen molar-refractivity contribution in [3.63, 3.8) is 0 Å². The number of aliphatic hydroxyl groups excluding tert-OH is 1. The molecular formula is C27H23BrN2O6. The van der Waals surface area contributed by atoms with Gasteiger partial charge >= 0.3 is 0 Å². The lowest BCUT2D eigenvalue weighted by molar-refractivity contribution is -0.140. The summed E-state index contributed by atoms with van der Waals surface area (Å²) in [5.74, 6) is -1.04. The quantitative estimate of drug-likeness (QED) is 0.273. The molecule has 0 unspecified atom stereocenters. The third-order valence-electron chi connectivity index (χ3n) is 6.37. The number of rotatable bonds is 5. The first-order valence-corrected chi connectivity index (χ1v) is 12.1. The normalized spacial score (nSPS) is 20.4. The number of carbonyl (C=O) groups is 2. The number of fused-ring (bicyclic) bond motifs is 1. The van der Waals surface area contributed by atoms with Crippen LogP contribution in [0.2, 0.25) is 0 Å². The van der Waals surface area contributed by atoms with Gasteiger partial charge in [-0.15, -0.1) is 0 Å². The first-order chi connectivity index (χ1) is 17.3. The summed E-state index contributed by atoms with van der Waals surface area (Å²) in [4.78, 5) is 32.1. The van der Waals surface area contributed by atoms with Crippen LogP contribution >= 0.6 is 15.9 Å². The molecule has 184 valence electrons. The number of hydrogen-bond acceptors (Lipinski definition) is 7. The fourth-order valence-electron chi connectivity index (χ4n) is 4.71. The van der Waals surface area contributed by atoms with Crippen molar-refractivity contribution < 1.29 is 29.3 Å². The van der Waals surface area contributed by atoms with Gasteiger partial charge in [-0.2, -0.15) is 0 Å². The number of aromatic hydroxyl groups is 1. The Labute approximate surface area is 215 Å². The lowest BCUT2D eigenvalue weighted by Crippen LogP contribution is -2.29. The standard InChI is InChI=1S/C27H23BrN2O6/c1-14-8-17-9-16(5-6-20(17)36-14)24(31)22-23(18-10-19(28)25(32)21(11-18)35-2)30(27(34)26(22)33)13-15-4-3-7-29-12-15/h3-7,9-12,14,23,31-32H,8,13H2,1-2H3/b24-22+/t14-,23-/m0/s1. The van der Waals surface area contributed by atoms with E-state index in [0.29, 0.717) is 22.0 Å². The zero-order valence-corrected chi connectivity index (χ0v) is 21.2. The van der Waals surface area contributed by atoms with E-state index in [1.807, 2.05) is 6.92 Å². The van der Waals surface area contributed by atoms with Crippen LogP contribution in [0.5, 0.6) is 17.2 Å². The van der Waals surface area contributed by atoms with Crippen LogP contribution in [-0.2, 0) is 22.6 Å². The summed E-state index contributed by atoms with van der Waals surface area (Å²) in [6.45, 7) is 2.05. The molecule has 2 N–H and O–H groups in total. The molecule has 9 heteroatoms. The van der Waals surface area contributed by atoms with Crippen LogP contribution in [0.15, 0.2) is 64.9 Å². The van der Waals surface area contributed by atoms with Crippen LogP contribution in [-0.4, -0.2) is 45.0 Å². The number of carbonyl (C=O) groups excluding carboxylic acids is 2. The van der Waals surface area contributed by atoms with Gasteiger partial charge in [0.15, 0.2) is 11.5 Å². The van der Waals surface area contributed by atoms with E-state index in [0.717, 1.165) is 16.9 Å². The highest BCUT2D eigenvalue weighted by molar-refractivity contribution is 9.10. The lowest BCUT2D eigenvalue weighted by atomic mass is 9.94. The molecule has 0 bridgehead atoms. The molecule has 2 atom stereocenters. The average Bonchev–Trinajstić information content (AvgIpc) is 3.37. The van der Waals surface area contributed by atoms with E-state index < -0.39 is 17.7 Å². The van der Waals surface area contributed by atoms with Crippen molar-refractivity contribution in [1.29, 1.82) is 0 Å². The maximum atomic E-state index is 13.4. The summed E-state index contributed by atoms with van der Waals surface area (Å²) in [5.41, 5.74) is 2.50. The molecule has 2 aliphatic heterocycles. The zero-order chi connectivity index (χ0) is 25.6. The predicted molar refractivity (Wildman–Crippen MR) is 135 cm³/mol. The minimum atomic E-state index is -0.931. The number of benzene rings is 2. The molecule has 0 radical (unpaired) electrons. The summed E-state index contributed by atoms with van der Waals surface area (Å²) >= 11 is 3.32. The second-order valence-electron chi connectivity index (χ2n) is 8.80. The van der Waals surface area contributed by atoms with Crippen LogP contribution in [0, 0.1) is 0 Å². The summed E-state index contributed by atoms with van der Waals surface area (Å²) < 4.78 is 11.4. The second kappa shape index (κ2) is 9.31. The molecule has 3 aromatic rings. The maximum Gasteiger partial charge on any atom is 0.295 e. The van der Waals surface area contributed by atoms with Gasteiger partial charge in [-0.25, -0.2) is 0 Å². The van der Waals surface area contributed by atoms with E-state index in [2.05, 4.69) is 20.9 Å². The van der Waals surface area contributed by atoms with Gasteiger partial charge < -0.3 is 24.6 Å². The van der Waals surface area contributed by atoms with E-state index in [9.17, 15) is 19.8 Å². The van der Waals surface area contributed by atoms with Crippen molar-refractivity contribution >= 4 is 33.4 Å². The summed E-state index contributed by atoms with van der Waals surface area (Å²) in [7, 11) is 1.41. The number of aromatic nitrogens is 1. The molecule has 0 saturated carbocycles. The van der Waals surface area contributed by atoms with Gasteiger partial charge in [-0.1, -0.05) is 6.07 Å². The van der Waals surface area contributed by atoms with Crippen LogP contribution in [0.25, 0.3) is 5.76 Å². The van der Waals surface area contributed by atoms with Crippen LogP contribution in [0.4, 0.5) is 0 Å². The van der Waals surface area contributed by atoms with E-state index in [-0.39, 0.29) is 35.5 Å². The van der Waals surface area contributed by atoms with Crippen molar-refractivity contribution in [3.05, 3.63) is 87.2 Å². The molecule has 2 aliphatic rings. The van der Waals surface area contributed by atoms with Gasteiger partial charge in [0.25, 0.3) is 11.7 Å². The first kappa shape index (κ1) is 23.9. The summed E-state index contributed by atoms with van der Waals surface area (Å²) in [6, 6.07) is 11.0. The number of hydrogen-bond donors (Lipinski definition) is 2. The Balaban J connectivity index is 1.68. The van der Waals surface area contributed by atoms with Gasteiger partial charge in [0.2, 0.25) is 0 Å². The molecule has 0 aliphatic carbocycles. The van der Waals surface area contributed by atoms with Crippen LogP contribution in [0.3, 0.4) is 0 Å². The van der Waals surface area contributed by atoms with Crippen molar-refractivity contribution in [2.45, 2.75) is 32.0 Å². The highest BCUT2D eigenvalue weighted by Crippen LogP contribution is 2.45. The molecule has 2 aromatic carbocycles. The van der Waals surface area contributed by atoms with E-state index in [1.54, 1.807) is 54.9 Å². The Kier molecular flexibility index (Phi) is 6.17. The average molecular weight is 551 g/mol. The van der Waals surface area contributed by atoms with Crippen molar-refractivity contribution in [2.75, 3.05) is 7.11 Å². The number of likely N-dealkylation sites (tertiary alicyclic amines) is 1. The summed E-state index contributed by atoms with van der Waals surface area (Å²) in [5, 5.41) is 21.7. The number of methoxy groups -OCH3 is 1. The Morgan fingerprint density at radius 1 is 1.25 bits per heavy atom. The highest BCUT2D eigenvalue weighted by atomic mass is 79.9. The fourth-order valence-corrected chi connectivity index (χ4v) is 5.17. The number of nitrogens with zero attached hydrogens (tertiary/aromatic N) is 2. The molecule has 1 aromatic heterocycles. The van der Waals surface area contributed by atoms with Crippen molar-refractivity contribution in [3.8, 4) is 17.2 Å². The predicted octanol–water partition coefficient (Wildman–Crippen LogP) is 4.50. The largest absolute Gasteiger partial charge is 0.507 e. The topological polar surface area (TPSA) is 109 Å². The third kappa shape index (κ3) is 4.09. The zero-order valence-electron chi connectivity index (χ0n) is 19.6. The monoisotopic (exact) mass is 550 g/mol. The first-order valence-electron chi connectivity index (χ1n) is 11.3. The Morgan fingerprint density at radius 2 is 2.06 bits per heavy atom. The van der Waals surface area contributed by atoms with E-state index in [4.69, 9.17) is 9.47 Å². The smallest absolute Gasteiger partial charge is 0.295 e. The number of ketones is 1. The molecule has 36 heavy (non-hydrogen) atoms. The highest BCUT2D eigenvalue weighted by Gasteiger charge is 2.46. The molecule has 1 fully saturated rings. The van der Waals surface area contributed by atoms with E-state index >= 15 is 0 Å². The number of phenolic OH excluding ortho intramolecular Hbond substituents is 1. The van der Waals surface area contributed by atoms with Gasteiger partial charge in [0.1, 0.15) is 17.6 Å². The van der Waals surface area contributed by atoms with E-state index in [1.165, 1.54) is 12.0 Å². The molecule has 5 rings (SSSR count). The molecular weight excluding hydrogens is 528 g/mol. The summed E-state index contributed by atoms with van der Waals surface area (Å²) in [6.07, 6.45) is 3.93. The number of amides is 1. The van der Waals surface area contributed by atoms with Crippen LogP contribution < -0.4 is 9.47 Å². The minimum absolute atomic E-state index is 0.0178. The SMILES string of the molecule is COc1cc([C@H]2/C(=C(\O)c3ccc4c(c3)C[C@H](C)O4)C(=O)C(=O)N2Cc2cccnc2)cc(Br)c1O. The maximum absolute atomic E-state index is 13.4. The number of Topliss-reactive ketones (excluding diaryl/α,β-unsaturated/α-hetero) is 1. The lowest BCUT2D eigenvalue weighted by Gasteiger charge is -2.26. The fraction of sp³-hybridized carbons (Fsp3) is 0.222. The molecule has 0 spiro atoms. The number of pyridine rings is 1. The molecule has 1 amide bonds. The minimum Gasteiger partial charge on any atom is -0.507 e. The molecule has 3 heterocycles. The van der Waals surface area contributed by atoms with Crippen molar-refractivity contribution in [1.82, 2.24) is 9.88 Å². The molecule has 8 nitrogen and oxygen atoms in total. The Bertz CT molecular complexity index is 1400. The number of ether oxygens (including phenoxy) is 2. The third-order valence-corrected chi connectivity index (χ3v) is 6.98. The van der Waals surface area contributed by atoms with Gasteiger partial charge in [-0.3, -0.25) is 14.6 Å². The van der Waals surface area contributed by atoms with Gasteiger partial charge in [0.05, 0.1) is 23.2 Å². The number of aliphatic hydroxyl groups is 1.